The van der Waals surface area contributed by atoms with E-state index in [0.29, 0.717) is 12.0 Å². The minimum atomic E-state index is 0.398. The molecule has 2 aromatic carbocycles. The summed E-state index contributed by atoms with van der Waals surface area (Å²) in [5.74, 6) is 0.635. The number of fused-ring (bicyclic) bond motifs is 1. The van der Waals surface area contributed by atoms with Crippen molar-refractivity contribution in [1.82, 2.24) is 9.88 Å². The minimum Gasteiger partial charge on any atom is -0.380 e. The molecule has 1 saturated heterocycles. The first-order valence-electron chi connectivity index (χ1n) is 10.9. The fourth-order valence-electron chi connectivity index (χ4n) is 4.35. The maximum atomic E-state index is 6.16. The number of benzene rings is 2. The third-order valence-corrected chi connectivity index (χ3v) is 6.03. The van der Waals surface area contributed by atoms with Crippen LogP contribution in [0, 0.1) is 5.92 Å². The highest BCUT2D eigenvalue weighted by atomic mass is 35.5. The van der Waals surface area contributed by atoms with E-state index in [2.05, 4.69) is 76.4 Å². The van der Waals surface area contributed by atoms with Crippen LogP contribution in [0.5, 0.6) is 0 Å². The van der Waals surface area contributed by atoms with Crippen LogP contribution in [0.1, 0.15) is 20.3 Å². The number of hydrogen-bond acceptors (Lipinski definition) is 4. The quantitative estimate of drug-likeness (QED) is 0.541. The van der Waals surface area contributed by atoms with E-state index in [1.807, 2.05) is 18.3 Å². The van der Waals surface area contributed by atoms with Crippen LogP contribution in [0.3, 0.4) is 0 Å². The van der Waals surface area contributed by atoms with Crippen LogP contribution in [0.4, 0.5) is 11.4 Å². The second-order valence-electron chi connectivity index (χ2n) is 8.61. The van der Waals surface area contributed by atoms with Crippen molar-refractivity contribution in [3.63, 3.8) is 0 Å². The molecule has 2 heterocycles. The number of nitrogens with one attached hydrogen (secondary N) is 1. The van der Waals surface area contributed by atoms with Crippen LogP contribution in [0.25, 0.3) is 10.9 Å². The van der Waals surface area contributed by atoms with Gasteiger partial charge >= 0.3 is 0 Å². The smallest absolute Gasteiger partial charge is 0.0737 e. The number of halogens is 1. The Morgan fingerprint density at radius 1 is 1.00 bits per heavy atom. The van der Waals surface area contributed by atoms with Gasteiger partial charge in [-0.25, -0.2) is 0 Å². The molecular formula is C25H31ClN4. The molecule has 5 heteroatoms. The Bertz CT molecular complexity index is 952. The molecule has 4 rings (SSSR count). The average molecular weight is 423 g/mol. The van der Waals surface area contributed by atoms with Crippen molar-refractivity contribution in [1.29, 1.82) is 0 Å². The summed E-state index contributed by atoms with van der Waals surface area (Å²) in [5, 5.41) is 5.68. The molecule has 30 heavy (non-hydrogen) atoms. The van der Waals surface area contributed by atoms with E-state index >= 15 is 0 Å². The fraction of sp³-hybridized carbons (Fsp3) is 0.400. The molecule has 1 aromatic heterocycles. The zero-order chi connectivity index (χ0) is 20.9. The van der Waals surface area contributed by atoms with Gasteiger partial charge in [0.15, 0.2) is 0 Å². The lowest BCUT2D eigenvalue weighted by Crippen LogP contribution is -2.49. The largest absolute Gasteiger partial charge is 0.380 e. The summed E-state index contributed by atoms with van der Waals surface area (Å²) < 4.78 is 0. The van der Waals surface area contributed by atoms with Gasteiger partial charge in [0.1, 0.15) is 0 Å². The topological polar surface area (TPSA) is 31.4 Å². The number of pyridine rings is 1. The van der Waals surface area contributed by atoms with Crippen molar-refractivity contribution in [2.45, 2.75) is 26.3 Å². The molecule has 0 spiro atoms. The van der Waals surface area contributed by atoms with Crippen LogP contribution in [-0.4, -0.2) is 48.6 Å². The molecule has 3 aromatic rings. The zero-order valence-corrected chi connectivity index (χ0v) is 18.6. The molecule has 1 unspecified atom stereocenters. The molecule has 4 nitrogen and oxygen atoms in total. The van der Waals surface area contributed by atoms with Crippen molar-refractivity contribution < 1.29 is 0 Å². The number of rotatable bonds is 7. The van der Waals surface area contributed by atoms with Crippen molar-refractivity contribution in [2.24, 2.45) is 5.92 Å². The van der Waals surface area contributed by atoms with Gasteiger partial charge in [-0.05, 0) is 48.7 Å². The second-order valence-corrected chi connectivity index (χ2v) is 9.05. The van der Waals surface area contributed by atoms with E-state index in [1.165, 1.54) is 5.69 Å². The predicted molar refractivity (Wildman–Crippen MR) is 129 cm³/mol. The van der Waals surface area contributed by atoms with E-state index < -0.39 is 0 Å². The van der Waals surface area contributed by atoms with Crippen molar-refractivity contribution in [3.05, 3.63) is 65.8 Å². The molecule has 1 fully saturated rings. The van der Waals surface area contributed by atoms with Gasteiger partial charge in [0, 0.05) is 66.7 Å². The maximum absolute atomic E-state index is 6.16. The summed E-state index contributed by atoms with van der Waals surface area (Å²) in [6.45, 7) is 10.00. The molecule has 0 saturated carbocycles. The minimum absolute atomic E-state index is 0.398. The normalized spacial score (nSPS) is 16.2. The lowest BCUT2D eigenvalue weighted by molar-refractivity contribution is 0.239. The number of anilines is 2. The summed E-state index contributed by atoms with van der Waals surface area (Å²) in [6.07, 6.45) is 3.00. The van der Waals surface area contributed by atoms with Gasteiger partial charge in [-0.15, -0.1) is 0 Å². The van der Waals surface area contributed by atoms with E-state index in [0.717, 1.165) is 60.8 Å². The second kappa shape index (κ2) is 9.67. The summed E-state index contributed by atoms with van der Waals surface area (Å²) in [5.41, 5.74) is 3.41. The number of hydrogen-bond donors (Lipinski definition) is 1. The van der Waals surface area contributed by atoms with Gasteiger partial charge in [0.05, 0.1) is 5.52 Å². The highest BCUT2D eigenvalue weighted by Gasteiger charge is 2.21. The molecule has 0 radical (unpaired) electrons. The Morgan fingerprint density at radius 3 is 2.50 bits per heavy atom. The first kappa shape index (κ1) is 21.0. The van der Waals surface area contributed by atoms with Crippen LogP contribution < -0.4 is 10.2 Å². The van der Waals surface area contributed by atoms with Crippen LogP contribution in [-0.2, 0) is 0 Å². The van der Waals surface area contributed by atoms with Gasteiger partial charge in [-0.1, -0.05) is 43.6 Å². The molecular weight excluding hydrogens is 392 g/mol. The summed E-state index contributed by atoms with van der Waals surface area (Å²) in [6, 6.07) is 19.2. The van der Waals surface area contributed by atoms with Crippen LogP contribution >= 0.6 is 11.6 Å². The average Bonchev–Trinajstić information content (AvgIpc) is 2.74. The SMILES string of the molecule is CC(C)CC(CN1CCN(c2ccccc2)CC1)Nc1ccnc2cc(Cl)ccc12. The van der Waals surface area contributed by atoms with Gasteiger partial charge in [-0.2, -0.15) is 0 Å². The number of piperazine rings is 1. The van der Waals surface area contributed by atoms with Crippen molar-refractivity contribution in [3.8, 4) is 0 Å². The fourth-order valence-corrected chi connectivity index (χ4v) is 4.52. The summed E-state index contributed by atoms with van der Waals surface area (Å²) in [7, 11) is 0. The molecule has 0 bridgehead atoms. The Hall–Kier alpha value is -2.30. The molecule has 1 aliphatic heterocycles. The molecule has 0 amide bonds. The summed E-state index contributed by atoms with van der Waals surface area (Å²) >= 11 is 6.16. The molecule has 158 valence electrons. The lowest BCUT2D eigenvalue weighted by Gasteiger charge is -2.38. The Kier molecular flexibility index (Phi) is 6.76. The van der Waals surface area contributed by atoms with E-state index in [9.17, 15) is 0 Å². The predicted octanol–water partition coefficient (Wildman–Crippen LogP) is 5.54. The van der Waals surface area contributed by atoms with Gasteiger partial charge < -0.3 is 10.2 Å². The molecule has 1 aliphatic rings. The number of nitrogens with zero attached hydrogens (tertiary/aromatic N) is 3. The highest BCUT2D eigenvalue weighted by molar-refractivity contribution is 6.31. The number of aromatic nitrogens is 1. The third-order valence-electron chi connectivity index (χ3n) is 5.79. The van der Waals surface area contributed by atoms with Crippen molar-refractivity contribution in [2.75, 3.05) is 42.9 Å². The van der Waals surface area contributed by atoms with Gasteiger partial charge in [0.2, 0.25) is 0 Å². The Morgan fingerprint density at radius 2 is 1.77 bits per heavy atom. The first-order valence-corrected chi connectivity index (χ1v) is 11.3. The Labute approximate surface area is 184 Å². The van der Waals surface area contributed by atoms with Crippen LogP contribution in [0.15, 0.2) is 60.8 Å². The maximum Gasteiger partial charge on any atom is 0.0737 e. The zero-order valence-electron chi connectivity index (χ0n) is 17.9. The van der Waals surface area contributed by atoms with Crippen LogP contribution in [0.2, 0.25) is 5.02 Å². The van der Waals surface area contributed by atoms with Gasteiger partial charge in [-0.3, -0.25) is 9.88 Å². The lowest BCUT2D eigenvalue weighted by atomic mass is 10.0. The first-order chi connectivity index (χ1) is 14.6. The van der Waals surface area contributed by atoms with E-state index in [1.54, 1.807) is 0 Å². The highest BCUT2D eigenvalue weighted by Crippen LogP contribution is 2.26. The van der Waals surface area contributed by atoms with E-state index in [-0.39, 0.29) is 0 Å². The van der Waals surface area contributed by atoms with Gasteiger partial charge in [0.25, 0.3) is 0 Å². The van der Waals surface area contributed by atoms with E-state index in [4.69, 9.17) is 11.6 Å². The Balaban J connectivity index is 1.43. The summed E-state index contributed by atoms with van der Waals surface area (Å²) in [4.78, 5) is 9.57. The monoisotopic (exact) mass is 422 g/mol. The standard InChI is InChI=1S/C25H31ClN4/c1-19(2)16-21(28-24-10-11-27-25-17-20(26)8-9-23(24)25)18-29-12-14-30(15-13-29)22-6-4-3-5-7-22/h3-11,17,19,21H,12-16,18H2,1-2H3,(H,27,28). The molecule has 0 aliphatic carbocycles. The number of para-hydroxylation sites is 1. The molecule has 1 atom stereocenters. The third kappa shape index (κ3) is 5.24. The molecule has 1 N–H and O–H groups in total. The van der Waals surface area contributed by atoms with Crippen molar-refractivity contribution >= 4 is 33.9 Å².